The minimum atomic E-state index is -0.510. The number of hydrogen-bond acceptors (Lipinski definition) is 5. The highest BCUT2D eigenvalue weighted by atomic mass is 16.6. The standard InChI is InChI=1S/C23H38N4O4/c1-23(2,3)31-22(29)25(4)16-18-9-7-13-27(17-18)21(28)24-15-19(20-10-8-14-30-20)26-11-5-6-12-26/h8,10,14,18-19H,5-7,9,11-13,15-17H2,1-4H3,(H,24,28)/t18-,19-/m1/s1. The number of nitrogens with one attached hydrogen (secondary N) is 1. The van der Waals surface area contributed by atoms with Crippen molar-refractivity contribution in [3.05, 3.63) is 24.2 Å². The van der Waals surface area contributed by atoms with Gasteiger partial charge >= 0.3 is 12.1 Å². The summed E-state index contributed by atoms with van der Waals surface area (Å²) in [6.07, 6.45) is 5.68. The molecule has 3 rings (SSSR count). The molecule has 3 heterocycles. The van der Waals surface area contributed by atoms with Gasteiger partial charge in [0.2, 0.25) is 0 Å². The highest BCUT2D eigenvalue weighted by Gasteiger charge is 2.29. The molecule has 0 spiro atoms. The molecule has 174 valence electrons. The summed E-state index contributed by atoms with van der Waals surface area (Å²) in [6, 6.07) is 3.91. The fourth-order valence-corrected chi connectivity index (χ4v) is 4.44. The third-order valence-corrected chi connectivity index (χ3v) is 5.94. The maximum absolute atomic E-state index is 12.9. The number of carbonyl (C=O) groups is 2. The van der Waals surface area contributed by atoms with Gasteiger partial charge in [0, 0.05) is 33.2 Å². The van der Waals surface area contributed by atoms with Gasteiger partial charge in [-0.05, 0) is 77.6 Å². The van der Waals surface area contributed by atoms with E-state index in [9.17, 15) is 9.59 Å². The number of piperidine rings is 1. The molecular weight excluding hydrogens is 396 g/mol. The molecule has 2 atom stereocenters. The molecule has 2 aliphatic rings. The third kappa shape index (κ3) is 6.89. The van der Waals surface area contributed by atoms with E-state index in [1.807, 2.05) is 37.8 Å². The van der Waals surface area contributed by atoms with Crippen LogP contribution < -0.4 is 5.32 Å². The van der Waals surface area contributed by atoms with Gasteiger partial charge < -0.3 is 24.3 Å². The first-order valence-corrected chi connectivity index (χ1v) is 11.5. The molecule has 0 radical (unpaired) electrons. The average Bonchev–Trinajstić information content (AvgIpc) is 3.41. The van der Waals surface area contributed by atoms with E-state index in [4.69, 9.17) is 9.15 Å². The topological polar surface area (TPSA) is 78.3 Å². The van der Waals surface area contributed by atoms with Crippen molar-refractivity contribution in [2.24, 2.45) is 5.92 Å². The van der Waals surface area contributed by atoms with E-state index in [1.165, 1.54) is 12.8 Å². The van der Waals surface area contributed by atoms with Gasteiger partial charge in [0.05, 0.1) is 12.3 Å². The SMILES string of the molecule is CN(C[C@H]1CCCN(C(=O)NC[C@H](c2ccco2)N2CCCC2)C1)C(=O)OC(C)(C)C. The van der Waals surface area contributed by atoms with Crippen LogP contribution in [0, 0.1) is 5.92 Å². The summed E-state index contributed by atoms with van der Waals surface area (Å²) in [5.74, 6) is 1.15. The minimum absolute atomic E-state index is 0.0413. The van der Waals surface area contributed by atoms with Crippen molar-refractivity contribution >= 4 is 12.1 Å². The summed E-state index contributed by atoms with van der Waals surface area (Å²) in [5, 5.41) is 3.13. The lowest BCUT2D eigenvalue weighted by Gasteiger charge is -2.35. The van der Waals surface area contributed by atoms with Crippen molar-refractivity contribution in [3.8, 4) is 0 Å². The smallest absolute Gasteiger partial charge is 0.410 e. The van der Waals surface area contributed by atoms with Crippen molar-refractivity contribution < 1.29 is 18.7 Å². The molecule has 8 heteroatoms. The Kier molecular flexibility index (Phi) is 7.86. The molecule has 0 unspecified atom stereocenters. The van der Waals surface area contributed by atoms with Crippen LogP contribution in [0.3, 0.4) is 0 Å². The lowest BCUT2D eigenvalue weighted by molar-refractivity contribution is 0.0252. The van der Waals surface area contributed by atoms with Crippen LogP contribution in [0.1, 0.15) is 58.3 Å². The van der Waals surface area contributed by atoms with E-state index >= 15 is 0 Å². The average molecular weight is 435 g/mol. The van der Waals surface area contributed by atoms with E-state index in [2.05, 4.69) is 10.2 Å². The van der Waals surface area contributed by atoms with Gasteiger partial charge in [-0.15, -0.1) is 0 Å². The van der Waals surface area contributed by atoms with Gasteiger partial charge in [-0.3, -0.25) is 4.90 Å². The Bertz CT molecular complexity index is 710. The number of carbonyl (C=O) groups excluding carboxylic acids is 2. The first-order chi connectivity index (χ1) is 14.7. The molecule has 0 aliphatic carbocycles. The highest BCUT2D eigenvalue weighted by Crippen LogP contribution is 2.25. The van der Waals surface area contributed by atoms with Gasteiger partial charge in [0.15, 0.2) is 0 Å². The molecule has 0 aromatic carbocycles. The Morgan fingerprint density at radius 2 is 2.00 bits per heavy atom. The van der Waals surface area contributed by atoms with Crippen molar-refractivity contribution in [3.63, 3.8) is 0 Å². The van der Waals surface area contributed by atoms with Crippen LogP contribution in [0.2, 0.25) is 0 Å². The molecule has 1 aromatic heterocycles. The van der Waals surface area contributed by atoms with Crippen molar-refractivity contribution in [1.82, 2.24) is 20.0 Å². The van der Waals surface area contributed by atoms with Crippen molar-refractivity contribution in [2.45, 2.75) is 58.1 Å². The van der Waals surface area contributed by atoms with Crippen molar-refractivity contribution in [2.75, 3.05) is 46.3 Å². The lowest BCUT2D eigenvalue weighted by Crippen LogP contribution is -2.49. The fourth-order valence-electron chi connectivity index (χ4n) is 4.44. The first-order valence-electron chi connectivity index (χ1n) is 11.5. The largest absolute Gasteiger partial charge is 0.468 e. The number of rotatable bonds is 6. The van der Waals surface area contributed by atoms with Crippen LogP contribution in [-0.4, -0.2) is 78.7 Å². The van der Waals surface area contributed by atoms with E-state index in [-0.39, 0.29) is 24.1 Å². The number of urea groups is 1. The number of likely N-dealkylation sites (tertiary alicyclic amines) is 2. The summed E-state index contributed by atoms with van der Waals surface area (Å²) in [5.41, 5.74) is -0.510. The van der Waals surface area contributed by atoms with Crippen LogP contribution in [0.15, 0.2) is 22.8 Å². The van der Waals surface area contributed by atoms with E-state index in [1.54, 1.807) is 18.2 Å². The second-order valence-electron chi connectivity index (χ2n) is 9.78. The van der Waals surface area contributed by atoms with Crippen molar-refractivity contribution in [1.29, 1.82) is 0 Å². The molecule has 2 aliphatic heterocycles. The number of nitrogens with zero attached hydrogens (tertiary/aromatic N) is 3. The quantitative estimate of drug-likeness (QED) is 0.739. The lowest BCUT2D eigenvalue weighted by atomic mass is 9.98. The summed E-state index contributed by atoms with van der Waals surface area (Å²) >= 11 is 0. The molecule has 1 aromatic rings. The minimum Gasteiger partial charge on any atom is -0.468 e. The Labute approximate surface area is 185 Å². The van der Waals surface area contributed by atoms with Gasteiger partial charge in [-0.1, -0.05) is 0 Å². The second-order valence-corrected chi connectivity index (χ2v) is 9.78. The second kappa shape index (κ2) is 10.4. The van der Waals surface area contributed by atoms with Crippen LogP contribution in [0.5, 0.6) is 0 Å². The van der Waals surface area contributed by atoms with Crippen LogP contribution >= 0.6 is 0 Å². The summed E-state index contributed by atoms with van der Waals surface area (Å²) in [4.78, 5) is 31.0. The normalized spacial score (nSPS) is 21.0. The number of amides is 3. The van der Waals surface area contributed by atoms with Crippen LogP contribution in [0.4, 0.5) is 9.59 Å². The van der Waals surface area contributed by atoms with Gasteiger partial charge in [-0.2, -0.15) is 0 Å². The molecule has 1 N–H and O–H groups in total. The molecule has 2 saturated heterocycles. The zero-order valence-electron chi connectivity index (χ0n) is 19.4. The molecule has 0 saturated carbocycles. The maximum atomic E-state index is 12.9. The summed E-state index contributed by atoms with van der Waals surface area (Å²) in [7, 11) is 1.76. The highest BCUT2D eigenvalue weighted by molar-refractivity contribution is 5.74. The molecule has 31 heavy (non-hydrogen) atoms. The summed E-state index contributed by atoms with van der Waals surface area (Å²) < 4.78 is 11.1. The Morgan fingerprint density at radius 3 is 2.65 bits per heavy atom. The number of furan rings is 1. The first kappa shape index (κ1) is 23.4. The zero-order valence-corrected chi connectivity index (χ0v) is 19.4. The Balaban J connectivity index is 1.50. The molecule has 0 bridgehead atoms. The monoisotopic (exact) mass is 434 g/mol. The fraction of sp³-hybridized carbons (Fsp3) is 0.739. The summed E-state index contributed by atoms with van der Waals surface area (Å²) in [6.45, 7) is 10.2. The van der Waals surface area contributed by atoms with Crippen LogP contribution in [0.25, 0.3) is 0 Å². The maximum Gasteiger partial charge on any atom is 0.410 e. The molecular formula is C23H38N4O4. The van der Waals surface area contributed by atoms with Gasteiger partial charge in [-0.25, -0.2) is 9.59 Å². The van der Waals surface area contributed by atoms with E-state index in [0.717, 1.165) is 38.2 Å². The predicted octanol–water partition coefficient (Wildman–Crippen LogP) is 3.71. The van der Waals surface area contributed by atoms with Crippen LogP contribution in [-0.2, 0) is 4.74 Å². The number of hydrogen-bond donors (Lipinski definition) is 1. The molecule has 3 amide bonds. The Hall–Kier alpha value is -2.22. The molecule has 8 nitrogen and oxygen atoms in total. The molecule has 2 fully saturated rings. The number of ether oxygens (including phenoxy) is 1. The Morgan fingerprint density at radius 1 is 1.26 bits per heavy atom. The third-order valence-electron chi connectivity index (χ3n) is 5.94. The van der Waals surface area contributed by atoms with Gasteiger partial charge in [0.1, 0.15) is 11.4 Å². The van der Waals surface area contributed by atoms with E-state index < -0.39 is 5.60 Å². The predicted molar refractivity (Wildman–Crippen MR) is 119 cm³/mol. The van der Waals surface area contributed by atoms with Gasteiger partial charge in [0.25, 0.3) is 0 Å². The van der Waals surface area contributed by atoms with E-state index in [0.29, 0.717) is 19.6 Å². The zero-order chi connectivity index (χ0) is 22.4.